The van der Waals surface area contributed by atoms with Gasteiger partial charge >= 0.3 is 0 Å². The summed E-state index contributed by atoms with van der Waals surface area (Å²) in [5, 5.41) is 3.51. The molecule has 0 saturated carbocycles. The number of nitrogens with zero attached hydrogens (tertiary/aromatic N) is 1. The van der Waals surface area contributed by atoms with Gasteiger partial charge in [0.1, 0.15) is 5.75 Å². The van der Waals surface area contributed by atoms with E-state index >= 15 is 0 Å². The number of ether oxygens (including phenoxy) is 1. The van der Waals surface area contributed by atoms with Crippen molar-refractivity contribution in [2.24, 2.45) is 5.92 Å². The minimum absolute atomic E-state index is 0.161. The van der Waals surface area contributed by atoms with Gasteiger partial charge in [-0.15, -0.1) is 0 Å². The molecule has 2 aromatic rings. The lowest BCUT2D eigenvalue weighted by Gasteiger charge is -2.31. The van der Waals surface area contributed by atoms with Crippen molar-refractivity contribution in [1.29, 1.82) is 0 Å². The number of halogens is 1. The third kappa shape index (κ3) is 5.10. The second kappa shape index (κ2) is 9.15. The summed E-state index contributed by atoms with van der Waals surface area (Å²) in [6.07, 6.45) is 1.28. The average Bonchev–Trinajstić information content (AvgIpc) is 2.71. The first kappa shape index (κ1) is 21.6. The summed E-state index contributed by atoms with van der Waals surface area (Å²) in [5.41, 5.74) is 1.55. The third-order valence-corrected chi connectivity index (χ3v) is 7.09. The van der Waals surface area contributed by atoms with E-state index in [0.717, 1.165) is 5.56 Å². The van der Waals surface area contributed by atoms with Crippen LogP contribution in [0, 0.1) is 12.8 Å². The van der Waals surface area contributed by atoms with Crippen molar-refractivity contribution in [2.75, 3.05) is 25.0 Å². The molecular weight excluding hydrogens is 412 g/mol. The van der Waals surface area contributed by atoms with Gasteiger partial charge in [0.25, 0.3) is 0 Å². The number of hydrogen-bond donors (Lipinski definition) is 1. The molecule has 1 amide bonds. The minimum atomic E-state index is -3.67. The van der Waals surface area contributed by atoms with Crippen LogP contribution in [0.15, 0.2) is 47.4 Å². The van der Waals surface area contributed by atoms with E-state index in [9.17, 15) is 13.2 Å². The van der Waals surface area contributed by atoms with Crippen LogP contribution >= 0.6 is 11.6 Å². The molecule has 1 atom stereocenters. The summed E-state index contributed by atoms with van der Waals surface area (Å²) in [7, 11) is -3.67. The van der Waals surface area contributed by atoms with Gasteiger partial charge in [-0.25, -0.2) is 8.42 Å². The molecule has 0 bridgehead atoms. The van der Waals surface area contributed by atoms with Crippen molar-refractivity contribution in [1.82, 2.24) is 4.31 Å². The van der Waals surface area contributed by atoms with E-state index < -0.39 is 15.9 Å². The quantitative estimate of drug-likeness (QED) is 0.740. The zero-order chi connectivity index (χ0) is 21.0. The van der Waals surface area contributed by atoms with Crippen molar-refractivity contribution in [2.45, 2.75) is 31.6 Å². The Morgan fingerprint density at radius 2 is 1.97 bits per heavy atom. The maximum absolute atomic E-state index is 13.0. The molecule has 156 valence electrons. The Balaban J connectivity index is 1.71. The van der Waals surface area contributed by atoms with E-state index in [1.165, 1.54) is 4.31 Å². The van der Waals surface area contributed by atoms with Gasteiger partial charge in [-0.3, -0.25) is 4.79 Å². The van der Waals surface area contributed by atoms with Gasteiger partial charge in [-0.05, 0) is 74.7 Å². The highest BCUT2D eigenvalue weighted by molar-refractivity contribution is 7.89. The Labute approximate surface area is 176 Å². The normalized spacial score (nSPS) is 17.7. The Hall–Kier alpha value is -2.09. The monoisotopic (exact) mass is 436 g/mol. The summed E-state index contributed by atoms with van der Waals surface area (Å²) in [4.78, 5) is 13.0. The van der Waals surface area contributed by atoms with Gasteiger partial charge in [-0.2, -0.15) is 4.31 Å². The second-order valence-electron chi connectivity index (χ2n) is 7.06. The molecule has 1 N–H and O–H groups in total. The molecule has 0 spiro atoms. The zero-order valence-electron chi connectivity index (χ0n) is 16.5. The topological polar surface area (TPSA) is 75.7 Å². The fourth-order valence-electron chi connectivity index (χ4n) is 3.40. The van der Waals surface area contributed by atoms with E-state index in [0.29, 0.717) is 42.5 Å². The first-order valence-electron chi connectivity index (χ1n) is 9.61. The molecule has 6 nitrogen and oxygen atoms in total. The van der Waals surface area contributed by atoms with Crippen molar-refractivity contribution < 1.29 is 17.9 Å². The first-order chi connectivity index (χ1) is 13.8. The van der Waals surface area contributed by atoms with Crippen molar-refractivity contribution in [3.8, 4) is 5.75 Å². The van der Waals surface area contributed by atoms with Crippen LogP contribution in [0.4, 0.5) is 5.69 Å². The molecular formula is C21H25ClN2O4S. The molecule has 1 saturated heterocycles. The molecule has 3 rings (SSSR count). The molecule has 8 heteroatoms. The zero-order valence-corrected chi connectivity index (χ0v) is 18.1. The van der Waals surface area contributed by atoms with E-state index in [1.54, 1.807) is 42.5 Å². The SMILES string of the molecule is CCOc1ccc(S(=O)(=O)N2CCC[C@H](C(=O)Nc3ccc(Cl)cc3C)C2)cc1. The number of sulfonamides is 1. The fourth-order valence-corrected chi connectivity index (χ4v) is 5.15. The number of carbonyl (C=O) groups is 1. The summed E-state index contributed by atoms with van der Waals surface area (Å²) in [5.74, 6) is 0.0407. The molecule has 0 radical (unpaired) electrons. The Kier molecular flexibility index (Phi) is 6.82. The van der Waals surface area contributed by atoms with Gasteiger partial charge in [0.15, 0.2) is 0 Å². The molecule has 1 aliphatic rings. The van der Waals surface area contributed by atoms with Gasteiger partial charge in [0.05, 0.1) is 17.4 Å². The average molecular weight is 437 g/mol. The summed E-state index contributed by atoms with van der Waals surface area (Å²) in [6.45, 7) is 4.82. The molecule has 29 heavy (non-hydrogen) atoms. The lowest BCUT2D eigenvalue weighted by atomic mass is 9.98. The Morgan fingerprint density at radius 1 is 1.24 bits per heavy atom. The molecule has 2 aromatic carbocycles. The van der Waals surface area contributed by atoms with Crippen LogP contribution in [-0.2, 0) is 14.8 Å². The highest BCUT2D eigenvalue weighted by Gasteiger charge is 2.33. The number of rotatable bonds is 6. The lowest BCUT2D eigenvalue weighted by Crippen LogP contribution is -2.43. The first-order valence-corrected chi connectivity index (χ1v) is 11.4. The molecule has 1 heterocycles. The summed E-state index contributed by atoms with van der Waals surface area (Å²) < 4.78 is 32.8. The summed E-state index contributed by atoms with van der Waals surface area (Å²) in [6, 6.07) is 11.6. The van der Waals surface area contributed by atoms with Crippen molar-refractivity contribution in [3.05, 3.63) is 53.1 Å². The van der Waals surface area contributed by atoms with Crippen LogP contribution in [0.25, 0.3) is 0 Å². The van der Waals surface area contributed by atoms with Crippen molar-refractivity contribution in [3.63, 3.8) is 0 Å². The van der Waals surface area contributed by atoms with E-state index in [1.807, 2.05) is 13.8 Å². The van der Waals surface area contributed by atoms with Crippen LogP contribution in [-0.4, -0.2) is 38.3 Å². The lowest BCUT2D eigenvalue weighted by molar-refractivity contribution is -0.120. The number of hydrogen-bond acceptors (Lipinski definition) is 4. The maximum atomic E-state index is 13.0. The number of anilines is 1. The van der Waals surface area contributed by atoms with E-state index in [4.69, 9.17) is 16.3 Å². The number of piperidine rings is 1. The van der Waals surface area contributed by atoms with Crippen LogP contribution in [0.1, 0.15) is 25.3 Å². The van der Waals surface area contributed by atoms with Crippen molar-refractivity contribution >= 4 is 33.2 Å². The number of nitrogens with one attached hydrogen (secondary N) is 1. The van der Waals surface area contributed by atoms with Crippen LogP contribution in [0.2, 0.25) is 5.02 Å². The smallest absolute Gasteiger partial charge is 0.243 e. The minimum Gasteiger partial charge on any atom is -0.494 e. The van der Waals surface area contributed by atoms with E-state index in [2.05, 4.69) is 5.32 Å². The van der Waals surface area contributed by atoms with Gasteiger partial charge < -0.3 is 10.1 Å². The molecule has 0 aromatic heterocycles. The van der Waals surface area contributed by atoms with E-state index in [-0.39, 0.29) is 17.3 Å². The number of carbonyl (C=O) groups excluding carboxylic acids is 1. The largest absolute Gasteiger partial charge is 0.494 e. The fraction of sp³-hybridized carbons (Fsp3) is 0.381. The Bertz CT molecular complexity index is 977. The molecule has 0 aliphatic carbocycles. The maximum Gasteiger partial charge on any atom is 0.243 e. The number of aryl methyl sites for hydroxylation is 1. The van der Waals surface area contributed by atoms with Crippen LogP contribution in [0.5, 0.6) is 5.75 Å². The molecule has 1 fully saturated rings. The predicted octanol–water partition coefficient (Wildman–Crippen LogP) is 4.09. The summed E-state index contributed by atoms with van der Waals surface area (Å²) >= 11 is 5.96. The second-order valence-corrected chi connectivity index (χ2v) is 9.43. The highest BCUT2D eigenvalue weighted by Crippen LogP contribution is 2.27. The van der Waals surface area contributed by atoms with Gasteiger partial charge in [0.2, 0.25) is 15.9 Å². The van der Waals surface area contributed by atoms with Gasteiger partial charge in [0, 0.05) is 23.8 Å². The molecule has 1 aliphatic heterocycles. The standard InChI is InChI=1S/C21H25ClN2O4S/c1-3-28-18-7-9-19(10-8-18)29(26,27)24-12-4-5-16(14-24)21(25)23-20-11-6-17(22)13-15(20)2/h6-11,13,16H,3-5,12,14H2,1-2H3,(H,23,25)/t16-/m0/s1. The van der Waals surface area contributed by atoms with Gasteiger partial charge in [-0.1, -0.05) is 11.6 Å². The van der Waals surface area contributed by atoms with Crippen LogP contribution in [0.3, 0.4) is 0 Å². The van der Waals surface area contributed by atoms with Crippen LogP contribution < -0.4 is 10.1 Å². The third-order valence-electron chi connectivity index (χ3n) is 4.97. The highest BCUT2D eigenvalue weighted by atomic mass is 35.5. The number of benzene rings is 2. The number of amides is 1. The Morgan fingerprint density at radius 3 is 2.62 bits per heavy atom. The molecule has 0 unspecified atom stereocenters. The predicted molar refractivity (Wildman–Crippen MR) is 114 cm³/mol.